The molecule has 0 aliphatic carbocycles. The average Bonchev–Trinajstić information content (AvgIpc) is 2.27. The number of rotatable bonds is 3. The first-order valence-electron chi connectivity index (χ1n) is 5.00. The fourth-order valence-electron chi connectivity index (χ4n) is 1.34. The zero-order chi connectivity index (χ0) is 13.9. The van der Waals surface area contributed by atoms with E-state index >= 15 is 0 Å². The zero-order valence-corrected chi connectivity index (χ0v) is 10.6. The number of hydrogen-bond acceptors (Lipinski definition) is 2. The second-order valence-corrected chi connectivity index (χ2v) is 4.07. The molecule has 0 aliphatic heterocycles. The van der Waals surface area contributed by atoms with E-state index in [4.69, 9.17) is 11.6 Å². The van der Waals surface area contributed by atoms with Gasteiger partial charge in [-0.15, -0.1) is 11.6 Å². The van der Waals surface area contributed by atoms with Crippen molar-refractivity contribution in [3.05, 3.63) is 23.8 Å². The van der Waals surface area contributed by atoms with Crippen molar-refractivity contribution in [2.75, 3.05) is 30.2 Å². The molecule has 1 aromatic carbocycles. The number of carbonyl (C=O) groups excluding carboxylic acids is 1. The summed E-state index contributed by atoms with van der Waals surface area (Å²) in [7, 11) is 3.38. The van der Waals surface area contributed by atoms with Crippen LogP contribution in [0.3, 0.4) is 0 Å². The molecule has 1 N–H and O–H groups in total. The maximum atomic E-state index is 12.7. The van der Waals surface area contributed by atoms with Gasteiger partial charge in [-0.05, 0) is 18.2 Å². The van der Waals surface area contributed by atoms with E-state index in [-0.39, 0.29) is 5.69 Å². The van der Waals surface area contributed by atoms with E-state index in [0.29, 0.717) is 5.69 Å². The van der Waals surface area contributed by atoms with Crippen molar-refractivity contribution < 1.29 is 18.0 Å². The molecule has 1 aromatic rings. The Bertz CT molecular complexity index is 446. The summed E-state index contributed by atoms with van der Waals surface area (Å²) in [5.74, 6) is -1.08. The van der Waals surface area contributed by atoms with Crippen LogP contribution in [0.15, 0.2) is 18.2 Å². The molecule has 7 heteroatoms. The summed E-state index contributed by atoms with van der Waals surface area (Å²) in [6, 6.07) is 3.52. The van der Waals surface area contributed by atoms with Crippen LogP contribution in [0, 0.1) is 0 Å². The Morgan fingerprint density at radius 1 is 1.39 bits per heavy atom. The summed E-state index contributed by atoms with van der Waals surface area (Å²) in [4.78, 5) is 12.8. The molecule has 0 aliphatic rings. The van der Waals surface area contributed by atoms with Crippen LogP contribution in [0.1, 0.15) is 5.56 Å². The fourth-order valence-corrected chi connectivity index (χ4v) is 1.41. The monoisotopic (exact) mass is 280 g/mol. The van der Waals surface area contributed by atoms with Crippen LogP contribution in [-0.2, 0) is 11.0 Å². The lowest BCUT2D eigenvalue weighted by Gasteiger charge is -2.18. The van der Waals surface area contributed by atoms with Crippen LogP contribution in [0.2, 0.25) is 0 Å². The molecule has 0 atom stereocenters. The lowest BCUT2D eigenvalue weighted by molar-refractivity contribution is -0.136. The van der Waals surface area contributed by atoms with E-state index in [1.807, 2.05) is 0 Å². The normalized spacial score (nSPS) is 11.2. The highest BCUT2D eigenvalue weighted by molar-refractivity contribution is 6.29. The molecule has 1 amide bonds. The molecular weight excluding hydrogens is 269 g/mol. The number of amides is 1. The smallest absolute Gasteiger partial charge is 0.378 e. The maximum Gasteiger partial charge on any atom is 0.418 e. The molecular formula is C11H12ClF3N2O. The number of anilines is 2. The van der Waals surface area contributed by atoms with E-state index in [1.165, 1.54) is 12.1 Å². The van der Waals surface area contributed by atoms with E-state index < -0.39 is 23.5 Å². The first-order valence-corrected chi connectivity index (χ1v) is 5.53. The molecule has 0 fully saturated rings. The zero-order valence-electron chi connectivity index (χ0n) is 9.81. The van der Waals surface area contributed by atoms with Crippen LogP contribution in [-0.4, -0.2) is 25.9 Å². The van der Waals surface area contributed by atoms with Gasteiger partial charge in [-0.25, -0.2) is 0 Å². The largest absolute Gasteiger partial charge is 0.418 e. The molecule has 3 nitrogen and oxygen atoms in total. The van der Waals surface area contributed by atoms with Crippen LogP contribution >= 0.6 is 11.6 Å². The van der Waals surface area contributed by atoms with Gasteiger partial charge in [0, 0.05) is 19.8 Å². The van der Waals surface area contributed by atoms with Crippen molar-refractivity contribution in [1.29, 1.82) is 0 Å². The number of halogens is 4. The van der Waals surface area contributed by atoms with Crippen molar-refractivity contribution in [2.45, 2.75) is 6.18 Å². The van der Waals surface area contributed by atoms with Gasteiger partial charge in [-0.1, -0.05) is 0 Å². The second-order valence-electron chi connectivity index (χ2n) is 3.80. The van der Waals surface area contributed by atoms with E-state index in [0.717, 1.165) is 6.07 Å². The molecule has 0 saturated heterocycles. The number of hydrogen-bond donors (Lipinski definition) is 1. The highest BCUT2D eigenvalue weighted by Gasteiger charge is 2.34. The van der Waals surface area contributed by atoms with Gasteiger partial charge in [0.15, 0.2) is 0 Å². The maximum absolute atomic E-state index is 12.7. The lowest BCUT2D eigenvalue weighted by atomic mass is 10.1. The Morgan fingerprint density at radius 3 is 2.44 bits per heavy atom. The van der Waals surface area contributed by atoms with Crippen molar-refractivity contribution in [2.24, 2.45) is 0 Å². The highest BCUT2D eigenvalue weighted by atomic mass is 35.5. The lowest BCUT2D eigenvalue weighted by Crippen LogP contribution is -2.18. The number of benzene rings is 1. The summed E-state index contributed by atoms with van der Waals surface area (Å²) < 4.78 is 38.2. The Kier molecular flexibility index (Phi) is 4.45. The summed E-state index contributed by atoms with van der Waals surface area (Å²) in [6.45, 7) is 0. The molecule has 0 spiro atoms. The molecule has 1 rings (SSSR count). The van der Waals surface area contributed by atoms with E-state index in [9.17, 15) is 18.0 Å². The molecule has 0 bridgehead atoms. The van der Waals surface area contributed by atoms with Crippen LogP contribution in [0.4, 0.5) is 24.5 Å². The minimum atomic E-state index is -4.53. The Hall–Kier alpha value is -1.43. The predicted molar refractivity (Wildman–Crippen MR) is 65.1 cm³/mol. The standard InChI is InChI=1S/C11H12ClF3N2O/c1-17(2)7-3-4-8(11(13,14)15)9(5-7)16-10(18)6-12/h3-5H,6H2,1-2H3,(H,16,18). The van der Waals surface area contributed by atoms with Gasteiger partial charge in [0.2, 0.25) is 5.91 Å². The minimum Gasteiger partial charge on any atom is -0.378 e. The average molecular weight is 281 g/mol. The third-order valence-corrected chi connectivity index (χ3v) is 2.46. The number of carbonyl (C=O) groups is 1. The molecule has 0 heterocycles. The topological polar surface area (TPSA) is 32.3 Å². The Morgan fingerprint density at radius 2 is 2.00 bits per heavy atom. The van der Waals surface area contributed by atoms with Gasteiger partial charge in [-0.3, -0.25) is 4.79 Å². The SMILES string of the molecule is CN(C)c1ccc(C(F)(F)F)c(NC(=O)CCl)c1. The fraction of sp³-hybridized carbons (Fsp3) is 0.364. The molecule has 0 radical (unpaired) electrons. The minimum absolute atomic E-state index is 0.292. The summed E-state index contributed by atoms with van der Waals surface area (Å²) in [6.07, 6.45) is -4.53. The molecule has 18 heavy (non-hydrogen) atoms. The number of nitrogens with zero attached hydrogens (tertiary/aromatic N) is 1. The van der Waals surface area contributed by atoms with Gasteiger partial charge in [0.05, 0.1) is 11.3 Å². The molecule has 0 saturated carbocycles. The first kappa shape index (κ1) is 14.6. The van der Waals surface area contributed by atoms with Crippen LogP contribution in [0.25, 0.3) is 0 Å². The Labute approximate surface area is 108 Å². The van der Waals surface area contributed by atoms with Gasteiger partial charge >= 0.3 is 6.18 Å². The number of alkyl halides is 4. The second kappa shape index (κ2) is 5.48. The van der Waals surface area contributed by atoms with Crippen molar-refractivity contribution in [3.63, 3.8) is 0 Å². The number of nitrogens with one attached hydrogen (secondary N) is 1. The van der Waals surface area contributed by atoms with Crippen LogP contribution in [0.5, 0.6) is 0 Å². The Balaban J connectivity index is 3.22. The van der Waals surface area contributed by atoms with E-state index in [1.54, 1.807) is 19.0 Å². The van der Waals surface area contributed by atoms with Crippen molar-refractivity contribution in [1.82, 2.24) is 0 Å². The van der Waals surface area contributed by atoms with Gasteiger partial charge in [0.25, 0.3) is 0 Å². The third kappa shape index (κ3) is 3.53. The van der Waals surface area contributed by atoms with E-state index in [2.05, 4.69) is 5.32 Å². The van der Waals surface area contributed by atoms with Gasteiger partial charge in [0.1, 0.15) is 5.88 Å². The van der Waals surface area contributed by atoms with Crippen molar-refractivity contribution >= 4 is 28.9 Å². The van der Waals surface area contributed by atoms with Crippen LogP contribution < -0.4 is 10.2 Å². The van der Waals surface area contributed by atoms with Gasteiger partial charge < -0.3 is 10.2 Å². The molecule has 0 aromatic heterocycles. The highest BCUT2D eigenvalue weighted by Crippen LogP contribution is 2.36. The molecule has 100 valence electrons. The quantitative estimate of drug-likeness (QED) is 0.864. The third-order valence-electron chi connectivity index (χ3n) is 2.22. The van der Waals surface area contributed by atoms with Gasteiger partial charge in [-0.2, -0.15) is 13.2 Å². The summed E-state index contributed by atoms with van der Waals surface area (Å²) >= 11 is 5.27. The summed E-state index contributed by atoms with van der Waals surface area (Å²) in [5.41, 5.74) is -0.640. The summed E-state index contributed by atoms with van der Waals surface area (Å²) in [5, 5.41) is 2.14. The first-order chi connectivity index (χ1) is 8.25. The predicted octanol–water partition coefficient (Wildman–Crippen LogP) is 2.95. The molecule has 0 unspecified atom stereocenters. The van der Waals surface area contributed by atoms with Crippen molar-refractivity contribution in [3.8, 4) is 0 Å².